The predicted molar refractivity (Wildman–Crippen MR) is 25.8 cm³/mol. The summed E-state index contributed by atoms with van der Waals surface area (Å²) in [6.07, 6.45) is -3.72. The second-order valence-electron chi connectivity index (χ2n) is 1.70. The summed E-state index contributed by atoms with van der Waals surface area (Å²) in [6, 6.07) is 0.725. The zero-order valence-electron chi connectivity index (χ0n) is 4.67. The molecule has 5 heteroatoms. The fraction of sp³-hybridized carbons (Fsp3) is 0.200. The van der Waals surface area contributed by atoms with Crippen LogP contribution in [0.4, 0.5) is 17.6 Å². The summed E-state index contributed by atoms with van der Waals surface area (Å²) >= 11 is 0. The van der Waals surface area contributed by atoms with Gasteiger partial charge in [0.1, 0.15) is 0 Å². The second kappa shape index (κ2) is 2.00. The smallest absolute Gasteiger partial charge is 0.355 e. The zero-order chi connectivity index (χ0) is 7.78. The molecule has 1 heterocycles. The number of H-pyrrole nitrogens is 1. The summed E-state index contributed by atoms with van der Waals surface area (Å²) in [6.45, 7) is 0. The van der Waals surface area contributed by atoms with E-state index in [0.717, 1.165) is 12.3 Å². The van der Waals surface area contributed by atoms with E-state index in [0.29, 0.717) is 0 Å². The lowest BCUT2D eigenvalue weighted by atomic mass is 10.4. The van der Waals surface area contributed by atoms with Crippen LogP contribution in [0.3, 0.4) is 0 Å². The van der Waals surface area contributed by atoms with E-state index in [-0.39, 0.29) is 0 Å². The van der Waals surface area contributed by atoms with Crippen molar-refractivity contribution < 1.29 is 17.6 Å². The Morgan fingerprint density at radius 3 is 2.10 bits per heavy atom. The lowest BCUT2D eigenvalue weighted by Crippen LogP contribution is -2.07. The summed E-state index contributed by atoms with van der Waals surface area (Å²) < 4.78 is 46.9. The van der Waals surface area contributed by atoms with Gasteiger partial charge in [0.05, 0.1) is 0 Å². The number of hydrogen-bond donors (Lipinski definition) is 1. The molecule has 0 aliphatic carbocycles. The molecule has 0 saturated heterocycles. The summed E-state index contributed by atoms with van der Waals surface area (Å²) in [7, 11) is 0. The number of nitrogens with one attached hydrogen (secondary N) is 1. The zero-order valence-corrected chi connectivity index (χ0v) is 4.67. The van der Waals surface area contributed by atoms with Gasteiger partial charge in [0.2, 0.25) is 0 Å². The van der Waals surface area contributed by atoms with Crippen molar-refractivity contribution in [2.45, 2.75) is 6.18 Å². The van der Waals surface area contributed by atoms with Crippen molar-refractivity contribution in [1.29, 1.82) is 0 Å². The molecular weight excluding hydrogens is 150 g/mol. The van der Waals surface area contributed by atoms with Crippen molar-refractivity contribution in [3.05, 3.63) is 23.8 Å². The summed E-state index contributed by atoms with van der Waals surface area (Å²) in [5, 5.41) is 0. The second-order valence-corrected chi connectivity index (χ2v) is 1.70. The Labute approximate surface area is 53.7 Å². The molecule has 0 aliphatic heterocycles. The van der Waals surface area contributed by atoms with Crippen LogP contribution in [-0.2, 0) is 6.18 Å². The van der Waals surface area contributed by atoms with Gasteiger partial charge in [0, 0.05) is 6.20 Å². The number of aromatic nitrogens is 1. The number of hydrogen-bond acceptors (Lipinski definition) is 0. The van der Waals surface area contributed by atoms with Gasteiger partial charge >= 0.3 is 6.18 Å². The van der Waals surface area contributed by atoms with E-state index in [2.05, 4.69) is 0 Å². The minimum Gasteiger partial charge on any atom is -0.355 e. The third-order valence-electron chi connectivity index (χ3n) is 0.980. The maximum absolute atomic E-state index is 12.1. The van der Waals surface area contributed by atoms with Crippen LogP contribution in [0.1, 0.15) is 5.69 Å². The van der Waals surface area contributed by atoms with Gasteiger partial charge < -0.3 is 4.98 Å². The summed E-state index contributed by atoms with van der Waals surface area (Å²) in [5.74, 6) is -1.27. The van der Waals surface area contributed by atoms with Crippen LogP contribution in [0, 0.1) is 5.82 Å². The topological polar surface area (TPSA) is 15.8 Å². The first kappa shape index (κ1) is 7.11. The highest BCUT2D eigenvalue weighted by Crippen LogP contribution is 2.29. The molecule has 0 atom stereocenters. The molecule has 1 nitrogen and oxygen atoms in total. The van der Waals surface area contributed by atoms with Crippen LogP contribution in [0.2, 0.25) is 0 Å². The molecule has 0 aliphatic rings. The summed E-state index contributed by atoms with van der Waals surface area (Å²) in [4.78, 5) is 1.75. The van der Waals surface area contributed by atoms with Gasteiger partial charge in [-0.3, -0.25) is 0 Å². The van der Waals surface area contributed by atoms with E-state index in [1.807, 2.05) is 0 Å². The van der Waals surface area contributed by atoms with Crippen molar-refractivity contribution in [3.63, 3.8) is 0 Å². The van der Waals surface area contributed by atoms with Crippen molar-refractivity contribution >= 4 is 0 Å². The van der Waals surface area contributed by atoms with E-state index >= 15 is 0 Å². The fourth-order valence-corrected chi connectivity index (χ4v) is 0.568. The Kier molecular flexibility index (Phi) is 1.42. The van der Waals surface area contributed by atoms with Gasteiger partial charge in [0.15, 0.2) is 11.5 Å². The van der Waals surface area contributed by atoms with Crippen molar-refractivity contribution in [2.24, 2.45) is 0 Å². The lowest BCUT2D eigenvalue weighted by molar-refractivity contribution is -0.143. The van der Waals surface area contributed by atoms with E-state index in [9.17, 15) is 17.6 Å². The average Bonchev–Trinajstić information content (AvgIpc) is 2.11. The lowest BCUT2D eigenvalue weighted by Gasteiger charge is -2.01. The third-order valence-corrected chi connectivity index (χ3v) is 0.980. The Bertz CT molecular complexity index is 224. The molecule has 0 radical (unpaired) electrons. The van der Waals surface area contributed by atoms with Crippen LogP contribution in [-0.4, -0.2) is 4.98 Å². The molecule has 1 rings (SSSR count). The van der Waals surface area contributed by atoms with Gasteiger partial charge in [-0.1, -0.05) is 0 Å². The van der Waals surface area contributed by atoms with Crippen LogP contribution in [0.15, 0.2) is 12.3 Å². The van der Waals surface area contributed by atoms with Crippen LogP contribution in [0.25, 0.3) is 0 Å². The molecule has 1 aromatic heterocycles. The van der Waals surface area contributed by atoms with Crippen molar-refractivity contribution in [2.75, 3.05) is 0 Å². The highest BCUT2D eigenvalue weighted by molar-refractivity contribution is 5.10. The molecule has 0 spiro atoms. The molecular formula is C5H3F4N. The molecule has 10 heavy (non-hydrogen) atoms. The predicted octanol–water partition coefficient (Wildman–Crippen LogP) is 2.17. The Hall–Kier alpha value is -1.00. The van der Waals surface area contributed by atoms with Gasteiger partial charge in [-0.05, 0) is 6.07 Å². The van der Waals surface area contributed by atoms with Crippen LogP contribution >= 0.6 is 0 Å². The Morgan fingerprint density at radius 1 is 1.30 bits per heavy atom. The first-order chi connectivity index (χ1) is 4.52. The van der Waals surface area contributed by atoms with E-state index in [4.69, 9.17) is 0 Å². The van der Waals surface area contributed by atoms with Crippen LogP contribution < -0.4 is 0 Å². The first-order valence-corrected chi connectivity index (χ1v) is 2.42. The molecule has 0 unspecified atom stereocenters. The Morgan fingerprint density at radius 2 is 1.90 bits per heavy atom. The molecule has 0 amide bonds. The van der Waals surface area contributed by atoms with Crippen LogP contribution in [0.5, 0.6) is 0 Å². The number of halogens is 4. The number of alkyl halides is 3. The molecule has 1 aromatic rings. The highest BCUT2D eigenvalue weighted by Gasteiger charge is 2.35. The monoisotopic (exact) mass is 153 g/mol. The minimum absolute atomic E-state index is 0.725. The molecule has 56 valence electrons. The average molecular weight is 153 g/mol. The normalized spacial score (nSPS) is 12.0. The first-order valence-electron chi connectivity index (χ1n) is 2.42. The molecule has 1 N–H and O–H groups in total. The fourth-order valence-electron chi connectivity index (χ4n) is 0.568. The van der Waals surface area contributed by atoms with Gasteiger partial charge in [-0.2, -0.15) is 13.2 Å². The number of aromatic amines is 1. The minimum atomic E-state index is -4.62. The quantitative estimate of drug-likeness (QED) is 0.550. The van der Waals surface area contributed by atoms with E-state index in [1.54, 1.807) is 4.98 Å². The van der Waals surface area contributed by atoms with E-state index in [1.165, 1.54) is 0 Å². The van der Waals surface area contributed by atoms with Crippen molar-refractivity contribution in [3.8, 4) is 0 Å². The van der Waals surface area contributed by atoms with E-state index < -0.39 is 17.7 Å². The molecule has 0 bridgehead atoms. The number of rotatable bonds is 0. The van der Waals surface area contributed by atoms with Gasteiger partial charge in [-0.25, -0.2) is 4.39 Å². The van der Waals surface area contributed by atoms with Gasteiger partial charge in [-0.15, -0.1) is 0 Å². The Balaban J connectivity index is 3.05. The largest absolute Gasteiger partial charge is 0.434 e. The third kappa shape index (κ3) is 1.12. The highest BCUT2D eigenvalue weighted by atomic mass is 19.4. The maximum atomic E-state index is 12.1. The molecule has 0 saturated carbocycles. The standard InChI is InChI=1S/C5H3F4N/c6-3-1-2-10-4(3)5(7,8)9/h1-2,10H. The maximum Gasteiger partial charge on any atom is 0.434 e. The van der Waals surface area contributed by atoms with Gasteiger partial charge in [0.25, 0.3) is 0 Å². The van der Waals surface area contributed by atoms with Crippen molar-refractivity contribution in [1.82, 2.24) is 4.98 Å². The summed E-state index contributed by atoms with van der Waals surface area (Å²) in [5.41, 5.74) is -1.33. The SMILES string of the molecule is Fc1cc[nH]c1C(F)(F)F. The molecule has 0 aromatic carbocycles. The molecule has 0 fully saturated rings.